The molecule has 3 aromatic carbocycles. The summed E-state index contributed by atoms with van der Waals surface area (Å²) in [5.74, 6) is -1.66. The highest BCUT2D eigenvalue weighted by Gasteiger charge is 2.45. The van der Waals surface area contributed by atoms with Gasteiger partial charge in [0.1, 0.15) is 11.9 Å². The number of fused-ring (bicyclic) bond motifs is 2. The van der Waals surface area contributed by atoms with E-state index in [1.165, 1.54) is 23.1 Å². The first kappa shape index (κ1) is 21.8. The van der Waals surface area contributed by atoms with Crippen LogP contribution in [0, 0.1) is 5.82 Å². The van der Waals surface area contributed by atoms with Gasteiger partial charge in [-0.1, -0.05) is 30.3 Å². The van der Waals surface area contributed by atoms with Gasteiger partial charge in [-0.05, 0) is 59.5 Å². The number of amides is 3. The van der Waals surface area contributed by atoms with Gasteiger partial charge < -0.3 is 21.3 Å². The monoisotopic (exact) mass is 458 g/mol. The Labute approximate surface area is 195 Å². The SMILES string of the molecule is NCc1cccc(-c2ccc3c(c2)C(=O)N2CCC(NC(=O)c4cccc(F)c4)C2C(=O)N3)c1. The number of hydrogen-bond acceptors (Lipinski definition) is 4. The van der Waals surface area contributed by atoms with Gasteiger partial charge in [-0.3, -0.25) is 14.4 Å². The van der Waals surface area contributed by atoms with Crippen molar-refractivity contribution in [1.29, 1.82) is 0 Å². The fourth-order valence-electron chi connectivity index (χ4n) is 4.63. The normalized spacial score (nSPS) is 19.2. The van der Waals surface area contributed by atoms with Crippen LogP contribution in [-0.2, 0) is 11.3 Å². The minimum Gasteiger partial charge on any atom is -0.347 e. The van der Waals surface area contributed by atoms with Crippen LogP contribution in [0.2, 0.25) is 0 Å². The highest BCUT2D eigenvalue weighted by molar-refractivity contribution is 6.11. The zero-order chi connectivity index (χ0) is 23.8. The summed E-state index contributed by atoms with van der Waals surface area (Å²) in [7, 11) is 0. The molecule has 4 N–H and O–H groups in total. The summed E-state index contributed by atoms with van der Waals surface area (Å²) in [6.45, 7) is 0.725. The fraction of sp³-hybridized carbons (Fsp3) is 0.192. The number of nitrogens with two attached hydrogens (primary N) is 1. The molecular formula is C26H23FN4O3. The van der Waals surface area contributed by atoms with E-state index in [1.807, 2.05) is 30.3 Å². The molecule has 1 saturated heterocycles. The number of anilines is 1. The van der Waals surface area contributed by atoms with E-state index in [0.717, 1.165) is 22.8 Å². The summed E-state index contributed by atoms with van der Waals surface area (Å²) in [6.07, 6.45) is 0.415. The van der Waals surface area contributed by atoms with Crippen molar-refractivity contribution in [1.82, 2.24) is 10.2 Å². The largest absolute Gasteiger partial charge is 0.347 e. The molecule has 0 radical (unpaired) electrons. The number of nitrogens with zero attached hydrogens (tertiary/aromatic N) is 1. The fourth-order valence-corrected chi connectivity index (χ4v) is 4.63. The first-order valence-corrected chi connectivity index (χ1v) is 11.1. The molecule has 0 saturated carbocycles. The molecule has 0 spiro atoms. The molecule has 0 aromatic heterocycles. The second kappa shape index (κ2) is 8.72. The van der Waals surface area contributed by atoms with Gasteiger partial charge >= 0.3 is 0 Å². The van der Waals surface area contributed by atoms with Crippen LogP contribution in [0.4, 0.5) is 10.1 Å². The first-order chi connectivity index (χ1) is 16.4. The van der Waals surface area contributed by atoms with Crippen LogP contribution >= 0.6 is 0 Å². The molecule has 2 atom stereocenters. The third kappa shape index (κ3) is 3.92. The van der Waals surface area contributed by atoms with Crippen LogP contribution in [0.3, 0.4) is 0 Å². The Morgan fingerprint density at radius 2 is 1.85 bits per heavy atom. The lowest BCUT2D eigenvalue weighted by atomic mass is 9.99. The molecule has 8 heteroatoms. The summed E-state index contributed by atoms with van der Waals surface area (Å²) in [4.78, 5) is 40.7. The number of hydrogen-bond donors (Lipinski definition) is 3. The Morgan fingerprint density at radius 1 is 1.06 bits per heavy atom. The van der Waals surface area contributed by atoms with E-state index in [2.05, 4.69) is 10.6 Å². The number of benzene rings is 3. The maximum Gasteiger partial charge on any atom is 0.256 e. The van der Waals surface area contributed by atoms with Crippen molar-refractivity contribution in [2.45, 2.75) is 25.0 Å². The maximum absolute atomic E-state index is 13.5. The molecule has 2 heterocycles. The van der Waals surface area contributed by atoms with Gasteiger partial charge in [-0.25, -0.2) is 4.39 Å². The van der Waals surface area contributed by atoms with E-state index in [1.54, 1.807) is 12.1 Å². The van der Waals surface area contributed by atoms with Gasteiger partial charge in [0.05, 0.1) is 17.3 Å². The predicted molar refractivity (Wildman–Crippen MR) is 125 cm³/mol. The first-order valence-electron chi connectivity index (χ1n) is 11.1. The molecule has 1 fully saturated rings. The topological polar surface area (TPSA) is 105 Å². The van der Waals surface area contributed by atoms with Crippen molar-refractivity contribution < 1.29 is 18.8 Å². The Bertz CT molecular complexity index is 1310. The summed E-state index contributed by atoms with van der Waals surface area (Å²) < 4.78 is 13.5. The summed E-state index contributed by atoms with van der Waals surface area (Å²) >= 11 is 0. The number of nitrogens with one attached hydrogen (secondary N) is 2. The van der Waals surface area contributed by atoms with Crippen molar-refractivity contribution in [3.05, 3.63) is 89.2 Å². The molecule has 3 aromatic rings. The lowest BCUT2D eigenvalue weighted by molar-refractivity contribution is -0.120. The second-order valence-corrected chi connectivity index (χ2v) is 8.48. The van der Waals surface area contributed by atoms with Crippen molar-refractivity contribution in [2.24, 2.45) is 5.73 Å². The summed E-state index contributed by atoms with van der Waals surface area (Å²) in [5, 5.41) is 5.65. The van der Waals surface area contributed by atoms with Crippen LogP contribution in [0.25, 0.3) is 11.1 Å². The molecule has 5 rings (SSSR count). The maximum atomic E-state index is 13.5. The van der Waals surface area contributed by atoms with Gasteiger partial charge in [0.2, 0.25) is 5.91 Å². The Kier molecular flexibility index (Phi) is 5.59. The Balaban J connectivity index is 1.42. The lowest BCUT2D eigenvalue weighted by Gasteiger charge is -2.25. The number of carbonyl (C=O) groups excluding carboxylic acids is 3. The van der Waals surface area contributed by atoms with E-state index in [-0.39, 0.29) is 17.4 Å². The molecule has 34 heavy (non-hydrogen) atoms. The molecule has 2 unspecified atom stereocenters. The highest BCUT2D eigenvalue weighted by Crippen LogP contribution is 2.32. The summed E-state index contributed by atoms with van der Waals surface area (Å²) in [6, 6.07) is 17.0. The van der Waals surface area contributed by atoms with E-state index in [0.29, 0.717) is 30.8 Å². The van der Waals surface area contributed by atoms with Gasteiger partial charge in [-0.2, -0.15) is 0 Å². The van der Waals surface area contributed by atoms with E-state index in [4.69, 9.17) is 5.73 Å². The number of carbonyl (C=O) groups is 3. The molecule has 0 bridgehead atoms. The van der Waals surface area contributed by atoms with Crippen molar-refractivity contribution >= 4 is 23.4 Å². The van der Waals surface area contributed by atoms with Gasteiger partial charge in [0, 0.05) is 18.7 Å². The van der Waals surface area contributed by atoms with Gasteiger partial charge in [0.15, 0.2) is 0 Å². The molecule has 2 aliphatic heterocycles. The van der Waals surface area contributed by atoms with Gasteiger partial charge in [0.25, 0.3) is 11.8 Å². The van der Waals surface area contributed by atoms with Crippen molar-refractivity contribution in [2.75, 3.05) is 11.9 Å². The van der Waals surface area contributed by atoms with E-state index >= 15 is 0 Å². The molecule has 3 amide bonds. The lowest BCUT2D eigenvalue weighted by Crippen LogP contribution is -2.51. The Hall–Kier alpha value is -4.04. The van der Waals surface area contributed by atoms with Crippen molar-refractivity contribution in [3.63, 3.8) is 0 Å². The van der Waals surface area contributed by atoms with Crippen LogP contribution < -0.4 is 16.4 Å². The molecule has 7 nitrogen and oxygen atoms in total. The zero-order valence-electron chi connectivity index (χ0n) is 18.3. The quantitative estimate of drug-likeness (QED) is 0.559. The zero-order valence-corrected chi connectivity index (χ0v) is 18.3. The second-order valence-electron chi connectivity index (χ2n) is 8.48. The third-order valence-corrected chi connectivity index (χ3v) is 6.33. The molecular weight excluding hydrogens is 435 g/mol. The van der Waals surface area contributed by atoms with Crippen molar-refractivity contribution in [3.8, 4) is 11.1 Å². The smallest absolute Gasteiger partial charge is 0.256 e. The highest BCUT2D eigenvalue weighted by atomic mass is 19.1. The van der Waals surface area contributed by atoms with Gasteiger partial charge in [-0.15, -0.1) is 0 Å². The molecule has 2 aliphatic rings. The van der Waals surface area contributed by atoms with Crippen LogP contribution in [0.1, 0.15) is 32.7 Å². The predicted octanol–water partition coefficient (Wildman–Crippen LogP) is 2.92. The average Bonchev–Trinajstić information content (AvgIpc) is 3.23. The van der Waals surface area contributed by atoms with Crippen LogP contribution in [-0.4, -0.2) is 41.2 Å². The minimum atomic E-state index is -0.860. The molecule has 0 aliphatic carbocycles. The number of rotatable bonds is 4. The van der Waals surface area contributed by atoms with E-state index in [9.17, 15) is 18.8 Å². The van der Waals surface area contributed by atoms with Crippen LogP contribution in [0.5, 0.6) is 0 Å². The van der Waals surface area contributed by atoms with Crippen LogP contribution in [0.15, 0.2) is 66.7 Å². The Morgan fingerprint density at radius 3 is 2.65 bits per heavy atom. The standard InChI is InChI=1S/C26H23FN4O3/c27-19-6-2-5-18(12-19)24(32)30-22-9-10-31-23(22)25(33)29-21-8-7-17(13-20(21)26(31)34)16-4-1-3-15(11-16)14-28/h1-8,11-13,22-23H,9-10,14,28H2,(H,29,33)(H,30,32). The summed E-state index contributed by atoms with van der Waals surface area (Å²) in [5.41, 5.74) is 9.48. The molecule has 172 valence electrons. The number of halogens is 1. The average molecular weight is 458 g/mol. The third-order valence-electron chi connectivity index (χ3n) is 6.33. The minimum absolute atomic E-state index is 0.159. The van der Waals surface area contributed by atoms with E-state index < -0.39 is 23.8 Å².